The van der Waals surface area contributed by atoms with Crippen molar-refractivity contribution in [1.82, 2.24) is 9.55 Å². The van der Waals surface area contributed by atoms with E-state index in [-0.39, 0.29) is 11.5 Å². The second-order valence-electron chi connectivity index (χ2n) is 7.39. The summed E-state index contributed by atoms with van der Waals surface area (Å²) in [6.45, 7) is 0. The van der Waals surface area contributed by atoms with Gasteiger partial charge in [0.25, 0.3) is 0 Å². The minimum atomic E-state index is -0.281. The third-order valence-electron chi connectivity index (χ3n) is 5.35. The van der Waals surface area contributed by atoms with Gasteiger partial charge in [-0.3, -0.25) is 9.36 Å². The summed E-state index contributed by atoms with van der Waals surface area (Å²) in [5.41, 5.74) is 3.08. The van der Waals surface area contributed by atoms with E-state index in [4.69, 9.17) is 14.2 Å². The molecule has 0 saturated heterocycles. The zero-order valence-electron chi connectivity index (χ0n) is 19.1. The normalized spacial score (nSPS) is 10.9. The van der Waals surface area contributed by atoms with E-state index < -0.39 is 0 Å². The molecular weight excluding hydrogens is 432 g/mol. The number of carbonyl (C=O) groups excluding carboxylic acids is 1. The average molecular weight is 456 g/mol. The van der Waals surface area contributed by atoms with Crippen LogP contribution in [0.25, 0.3) is 23.0 Å². The van der Waals surface area contributed by atoms with Crippen molar-refractivity contribution in [2.24, 2.45) is 0 Å². The van der Waals surface area contributed by atoms with Crippen molar-refractivity contribution < 1.29 is 19.0 Å². The Kier molecular flexibility index (Phi) is 6.64. The van der Waals surface area contributed by atoms with Gasteiger partial charge in [-0.25, -0.2) is 4.79 Å². The van der Waals surface area contributed by atoms with Crippen molar-refractivity contribution in [1.29, 1.82) is 0 Å². The van der Waals surface area contributed by atoms with Crippen LogP contribution in [0.4, 0.5) is 0 Å². The molecular formula is C27H24N2O5. The van der Waals surface area contributed by atoms with Crippen molar-refractivity contribution in [2.75, 3.05) is 21.3 Å². The first kappa shape index (κ1) is 22.7. The number of aromatic nitrogens is 2. The summed E-state index contributed by atoms with van der Waals surface area (Å²) in [7, 11) is 4.60. The van der Waals surface area contributed by atoms with Gasteiger partial charge in [0.2, 0.25) is 5.75 Å². The fourth-order valence-electron chi connectivity index (χ4n) is 3.71. The van der Waals surface area contributed by atoms with E-state index >= 15 is 0 Å². The number of aromatic amines is 1. The molecule has 0 amide bonds. The molecule has 4 rings (SSSR count). The van der Waals surface area contributed by atoms with Gasteiger partial charge in [0.05, 0.1) is 32.7 Å². The monoisotopic (exact) mass is 456 g/mol. The van der Waals surface area contributed by atoms with Gasteiger partial charge in [-0.05, 0) is 35.9 Å². The van der Waals surface area contributed by atoms with Crippen LogP contribution in [0.2, 0.25) is 0 Å². The lowest BCUT2D eigenvalue weighted by Gasteiger charge is -2.12. The van der Waals surface area contributed by atoms with E-state index in [1.165, 1.54) is 27.4 Å². The quantitative estimate of drug-likeness (QED) is 0.306. The molecule has 0 aliphatic carbocycles. The molecule has 172 valence electrons. The van der Waals surface area contributed by atoms with Gasteiger partial charge in [-0.1, -0.05) is 48.5 Å². The maximum atomic E-state index is 12.9. The first-order chi connectivity index (χ1) is 16.5. The number of H-pyrrole nitrogens is 1. The first-order valence-electron chi connectivity index (χ1n) is 10.5. The van der Waals surface area contributed by atoms with Crippen LogP contribution in [0.5, 0.6) is 17.2 Å². The fraction of sp³-hybridized carbons (Fsp3) is 0.111. The van der Waals surface area contributed by atoms with Gasteiger partial charge in [-0.2, -0.15) is 0 Å². The molecule has 1 heterocycles. The zero-order chi connectivity index (χ0) is 24.1. The van der Waals surface area contributed by atoms with Crippen LogP contribution in [-0.2, 0) is 0 Å². The molecule has 7 nitrogen and oxygen atoms in total. The standard InChI is InChI=1S/C27H24N2O5/c1-32-24-14-18(15-25(33-2)26(24)34-3)12-13-23(30)20-10-7-11-21(16-20)29-22(17-28-27(29)31)19-8-5-4-6-9-19/h4-17H,1-3H3,(H,28,31). The minimum Gasteiger partial charge on any atom is -0.493 e. The van der Waals surface area contributed by atoms with Gasteiger partial charge in [0, 0.05) is 17.3 Å². The molecule has 1 N–H and O–H groups in total. The molecule has 0 radical (unpaired) electrons. The van der Waals surface area contributed by atoms with Crippen molar-refractivity contribution >= 4 is 11.9 Å². The van der Waals surface area contributed by atoms with Gasteiger partial charge >= 0.3 is 5.69 Å². The highest BCUT2D eigenvalue weighted by Crippen LogP contribution is 2.38. The van der Waals surface area contributed by atoms with Crippen LogP contribution in [0.15, 0.2) is 83.8 Å². The smallest absolute Gasteiger partial charge is 0.330 e. The molecule has 0 unspecified atom stereocenters. The van der Waals surface area contributed by atoms with Crippen LogP contribution in [0.3, 0.4) is 0 Å². The minimum absolute atomic E-state index is 0.208. The average Bonchev–Trinajstić information content (AvgIpc) is 3.28. The lowest BCUT2D eigenvalue weighted by atomic mass is 10.1. The molecule has 1 aromatic heterocycles. The van der Waals surface area contributed by atoms with E-state index in [2.05, 4.69) is 4.98 Å². The summed E-state index contributed by atoms with van der Waals surface area (Å²) < 4.78 is 17.6. The zero-order valence-corrected chi connectivity index (χ0v) is 19.1. The molecule has 0 spiro atoms. The third-order valence-corrected chi connectivity index (χ3v) is 5.35. The largest absolute Gasteiger partial charge is 0.493 e. The van der Waals surface area contributed by atoms with Crippen molar-refractivity contribution in [3.63, 3.8) is 0 Å². The van der Waals surface area contributed by atoms with E-state index in [1.807, 2.05) is 30.3 Å². The van der Waals surface area contributed by atoms with Gasteiger partial charge in [0.15, 0.2) is 17.3 Å². The molecule has 0 aliphatic rings. The van der Waals surface area contributed by atoms with Crippen LogP contribution >= 0.6 is 0 Å². The summed E-state index contributed by atoms with van der Waals surface area (Å²) in [6, 6.07) is 20.1. The highest BCUT2D eigenvalue weighted by molar-refractivity contribution is 6.07. The lowest BCUT2D eigenvalue weighted by Crippen LogP contribution is -2.16. The Balaban J connectivity index is 1.65. The van der Waals surface area contributed by atoms with E-state index in [0.29, 0.717) is 39.8 Å². The Bertz CT molecular complexity index is 1380. The fourth-order valence-corrected chi connectivity index (χ4v) is 3.71. The van der Waals surface area contributed by atoms with Gasteiger partial charge in [-0.15, -0.1) is 0 Å². The Morgan fingerprint density at radius 2 is 1.59 bits per heavy atom. The summed E-state index contributed by atoms with van der Waals surface area (Å²) in [4.78, 5) is 28.2. The Hall–Kier alpha value is -4.52. The summed E-state index contributed by atoms with van der Waals surface area (Å²) >= 11 is 0. The topological polar surface area (TPSA) is 82.6 Å². The Morgan fingerprint density at radius 3 is 2.24 bits per heavy atom. The van der Waals surface area contributed by atoms with Crippen LogP contribution in [0.1, 0.15) is 15.9 Å². The number of nitrogens with one attached hydrogen (secondary N) is 1. The number of benzene rings is 3. The summed E-state index contributed by atoms with van der Waals surface area (Å²) in [5, 5.41) is 0. The number of allylic oxidation sites excluding steroid dienone is 1. The molecule has 0 atom stereocenters. The third kappa shape index (κ3) is 4.49. The van der Waals surface area contributed by atoms with Crippen molar-refractivity contribution in [3.05, 3.63) is 101 Å². The maximum Gasteiger partial charge on any atom is 0.330 e. The van der Waals surface area contributed by atoms with Crippen molar-refractivity contribution in [2.45, 2.75) is 0 Å². The maximum absolute atomic E-state index is 12.9. The number of hydrogen-bond donors (Lipinski definition) is 1. The number of ketones is 1. The number of ether oxygens (including phenoxy) is 3. The second-order valence-corrected chi connectivity index (χ2v) is 7.39. The number of rotatable bonds is 8. The summed E-state index contributed by atoms with van der Waals surface area (Å²) in [6.07, 6.45) is 4.81. The van der Waals surface area contributed by atoms with E-state index in [0.717, 1.165) is 5.56 Å². The molecule has 34 heavy (non-hydrogen) atoms. The molecule has 3 aromatic carbocycles. The van der Waals surface area contributed by atoms with Crippen LogP contribution in [0, 0.1) is 0 Å². The molecule has 0 aliphatic heterocycles. The first-order valence-corrected chi connectivity index (χ1v) is 10.5. The highest BCUT2D eigenvalue weighted by Gasteiger charge is 2.14. The Morgan fingerprint density at radius 1 is 0.882 bits per heavy atom. The number of imidazole rings is 1. The lowest BCUT2D eigenvalue weighted by molar-refractivity contribution is 0.104. The molecule has 0 bridgehead atoms. The van der Waals surface area contributed by atoms with Gasteiger partial charge < -0.3 is 19.2 Å². The molecule has 0 saturated carbocycles. The number of carbonyl (C=O) groups is 1. The number of hydrogen-bond acceptors (Lipinski definition) is 5. The van der Waals surface area contributed by atoms with Gasteiger partial charge in [0.1, 0.15) is 0 Å². The van der Waals surface area contributed by atoms with Crippen LogP contribution in [-0.4, -0.2) is 36.7 Å². The highest BCUT2D eigenvalue weighted by atomic mass is 16.5. The second kappa shape index (κ2) is 9.95. The molecule has 4 aromatic rings. The van der Waals surface area contributed by atoms with Crippen LogP contribution < -0.4 is 19.9 Å². The van der Waals surface area contributed by atoms with E-state index in [1.54, 1.807) is 53.2 Å². The predicted octanol–water partition coefficient (Wildman–Crippen LogP) is 4.75. The summed E-state index contributed by atoms with van der Waals surface area (Å²) in [5.74, 6) is 1.26. The number of methoxy groups -OCH3 is 3. The predicted molar refractivity (Wildman–Crippen MR) is 131 cm³/mol. The Labute approximate surface area is 196 Å². The van der Waals surface area contributed by atoms with E-state index in [9.17, 15) is 9.59 Å². The number of nitrogens with zero attached hydrogens (tertiary/aromatic N) is 1. The van der Waals surface area contributed by atoms with Crippen molar-refractivity contribution in [3.8, 4) is 34.2 Å². The molecule has 0 fully saturated rings. The molecule has 7 heteroatoms. The SMILES string of the molecule is COc1cc(C=CC(=O)c2cccc(-n3c(-c4ccccc4)c[nH]c3=O)c2)cc(OC)c1OC.